The molecule has 4 heteroatoms. The second-order valence-electron chi connectivity index (χ2n) is 6.72. The van der Waals surface area contributed by atoms with Crippen LogP contribution in [-0.4, -0.2) is 16.9 Å². The molecule has 2 N–H and O–H groups in total. The van der Waals surface area contributed by atoms with Crippen LogP contribution in [0.3, 0.4) is 0 Å². The molecular formula is C20H23N3O. The Bertz CT molecular complexity index is 825. The Morgan fingerprint density at radius 3 is 2.83 bits per heavy atom. The van der Waals surface area contributed by atoms with Gasteiger partial charge in [0.25, 0.3) is 5.91 Å². The minimum absolute atomic E-state index is 0.167. The fraction of sp³-hybridized carbons (Fsp3) is 0.400. The van der Waals surface area contributed by atoms with E-state index in [2.05, 4.69) is 23.3 Å². The molecule has 1 aromatic carbocycles. The van der Waals surface area contributed by atoms with E-state index < -0.39 is 0 Å². The van der Waals surface area contributed by atoms with Gasteiger partial charge in [0.15, 0.2) is 0 Å². The molecule has 0 radical (unpaired) electrons. The first-order valence-corrected chi connectivity index (χ1v) is 8.60. The van der Waals surface area contributed by atoms with Crippen molar-refractivity contribution in [2.75, 3.05) is 0 Å². The standard InChI is InChI=1S/C20H23N3O/c1-13-7-3-5-9-18(13)23-20(24)15(12-21)11-17-14(2)22-19-10-6-4-8-16(17)19/h4,6,8,10-11,13,18,22H,3,5,7,9H2,1-2H3,(H,23,24)/b15-11+/t13-,18-/m0/s1. The number of nitrogens with one attached hydrogen (secondary N) is 2. The summed E-state index contributed by atoms with van der Waals surface area (Å²) in [4.78, 5) is 15.8. The molecule has 1 aromatic heterocycles. The molecule has 124 valence electrons. The predicted octanol–water partition coefficient (Wildman–Crippen LogP) is 4.08. The van der Waals surface area contributed by atoms with Crippen LogP contribution in [0.4, 0.5) is 0 Å². The number of aryl methyl sites for hydroxylation is 1. The van der Waals surface area contributed by atoms with E-state index in [4.69, 9.17) is 0 Å². The maximum Gasteiger partial charge on any atom is 0.262 e. The van der Waals surface area contributed by atoms with Crippen LogP contribution in [-0.2, 0) is 4.79 Å². The number of benzene rings is 1. The van der Waals surface area contributed by atoms with Crippen molar-refractivity contribution in [3.63, 3.8) is 0 Å². The number of para-hydroxylation sites is 1. The van der Waals surface area contributed by atoms with Crippen LogP contribution in [0.1, 0.15) is 43.9 Å². The molecule has 1 amide bonds. The van der Waals surface area contributed by atoms with Crippen molar-refractivity contribution in [3.05, 3.63) is 41.1 Å². The summed E-state index contributed by atoms with van der Waals surface area (Å²) in [6.07, 6.45) is 6.21. The second-order valence-corrected chi connectivity index (χ2v) is 6.72. The Labute approximate surface area is 142 Å². The minimum Gasteiger partial charge on any atom is -0.358 e. The van der Waals surface area contributed by atoms with Gasteiger partial charge in [-0.3, -0.25) is 4.79 Å². The Morgan fingerprint density at radius 2 is 2.08 bits per heavy atom. The molecule has 1 aliphatic carbocycles. The van der Waals surface area contributed by atoms with Gasteiger partial charge >= 0.3 is 0 Å². The summed E-state index contributed by atoms with van der Waals surface area (Å²) in [5.41, 5.74) is 3.05. The van der Waals surface area contributed by atoms with Gasteiger partial charge in [-0.2, -0.15) is 5.26 Å². The zero-order valence-corrected chi connectivity index (χ0v) is 14.2. The molecule has 2 atom stereocenters. The van der Waals surface area contributed by atoms with E-state index in [1.807, 2.05) is 31.2 Å². The highest BCUT2D eigenvalue weighted by Gasteiger charge is 2.24. The fourth-order valence-electron chi connectivity index (χ4n) is 3.55. The van der Waals surface area contributed by atoms with Crippen LogP contribution < -0.4 is 5.32 Å². The SMILES string of the molecule is Cc1[nH]c2ccccc2c1/C=C(\C#N)C(=O)N[C@H]1CCCC[C@@H]1C. The number of carbonyl (C=O) groups excluding carboxylic acids is 1. The average Bonchev–Trinajstić information content (AvgIpc) is 2.90. The second kappa shape index (κ2) is 6.92. The molecule has 0 unspecified atom stereocenters. The van der Waals surface area contributed by atoms with Crippen molar-refractivity contribution in [1.29, 1.82) is 5.26 Å². The summed E-state index contributed by atoms with van der Waals surface area (Å²) in [7, 11) is 0. The summed E-state index contributed by atoms with van der Waals surface area (Å²) in [5.74, 6) is 0.207. The van der Waals surface area contributed by atoms with Crippen molar-refractivity contribution in [2.24, 2.45) is 5.92 Å². The van der Waals surface area contributed by atoms with Crippen LogP contribution in [0.25, 0.3) is 17.0 Å². The number of aromatic nitrogens is 1. The maximum atomic E-state index is 12.5. The zero-order chi connectivity index (χ0) is 17.1. The first-order chi connectivity index (χ1) is 11.6. The van der Waals surface area contributed by atoms with E-state index in [9.17, 15) is 10.1 Å². The van der Waals surface area contributed by atoms with Crippen molar-refractivity contribution < 1.29 is 4.79 Å². The summed E-state index contributed by atoms with van der Waals surface area (Å²) < 4.78 is 0. The van der Waals surface area contributed by atoms with Gasteiger partial charge in [-0.1, -0.05) is 38.0 Å². The van der Waals surface area contributed by atoms with E-state index in [1.165, 1.54) is 6.42 Å². The van der Waals surface area contributed by atoms with Crippen molar-refractivity contribution in [2.45, 2.75) is 45.6 Å². The third-order valence-corrected chi connectivity index (χ3v) is 5.03. The normalized spacial score (nSPS) is 21.5. The molecule has 1 aliphatic rings. The average molecular weight is 321 g/mol. The van der Waals surface area contributed by atoms with Crippen molar-refractivity contribution in [1.82, 2.24) is 10.3 Å². The third kappa shape index (κ3) is 3.21. The van der Waals surface area contributed by atoms with Crippen LogP contribution in [0.5, 0.6) is 0 Å². The first kappa shape index (κ1) is 16.3. The number of nitrogens with zero attached hydrogens (tertiary/aromatic N) is 1. The number of hydrogen-bond donors (Lipinski definition) is 2. The summed E-state index contributed by atoms with van der Waals surface area (Å²) in [6, 6.07) is 10.2. The number of hydrogen-bond acceptors (Lipinski definition) is 2. The molecule has 0 bridgehead atoms. The van der Waals surface area contributed by atoms with Gasteiger partial charge in [0.2, 0.25) is 0 Å². The lowest BCUT2D eigenvalue weighted by Gasteiger charge is -2.29. The van der Waals surface area contributed by atoms with Gasteiger partial charge in [-0.05, 0) is 37.8 Å². The number of H-pyrrole nitrogens is 1. The van der Waals surface area contributed by atoms with Crippen LogP contribution in [0.2, 0.25) is 0 Å². The molecular weight excluding hydrogens is 298 g/mol. The molecule has 3 rings (SSSR count). The molecule has 1 saturated carbocycles. The van der Waals surface area contributed by atoms with E-state index in [-0.39, 0.29) is 17.5 Å². The van der Waals surface area contributed by atoms with E-state index in [0.717, 1.165) is 41.4 Å². The number of amides is 1. The molecule has 2 aromatic rings. The van der Waals surface area contributed by atoms with Crippen LogP contribution in [0, 0.1) is 24.2 Å². The quantitative estimate of drug-likeness (QED) is 0.660. The Morgan fingerprint density at radius 1 is 1.33 bits per heavy atom. The Hall–Kier alpha value is -2.54. The minimum atomic E-state index is -0.263. The lowest BCUT2D eigenvalue weighted by Crippen LogP contribution is -2.41. The highest BCUT2D eigenvalue weighted by atomic mass is 16.1. The van der Waals surface area contributed by atoms with Gasteiger partial charge in [-0.15, -0.1) is 0 Å². The van der Waals surface area contributed by atoms with Gasteiger partial charge < -0.3 is 10.3 Å². The largest absolute Gasteiger partial charge is 0.358 e. The molecule has 1 heterocycles. The van der Waals surface area contributed by atoms with E-state index in [0.29, 0.717) is 5.92 Å². The lowest BCUT2D eigenvalue weighted by molar-refractivity contribution is -0.118. The number of carbonyl (C=O) groups is 1. The first-order valence-electron chi connectivity index (χ1n) is 8.60. The smallest absolute Gasteiger partial charge is 0.262 e. The highest BCUT2D eigenvalue weighted by Crippen LogP contribution is 2.26. The van der Waals surface area contributed by atoms with Crippen LogP contribution in [0.15, 0.2) is 29.8 Å². The number of nitriles is 1. The molecule has 1 fully saturated rings. The summed E-state index contributed by atoms with van der Waals surface area (Å²) in [5, 5.41) is 13.6. The summed E-state index contributed by atoms with van der Waals surface area (Å²) >= 11 is 0. The van der Waals surface area contributed by atoms with Gasteiger partial charge in [0.1, 0.15) is 11.6 Å². The van der Waals surface area contributed by atoms with E-state index in [1.54, 1.807) is 6.08 Å². The highest BCUT2D eigenvalue weighted by molar-refractivity contribution is 6.04. The predicted molar refractivity (Wildman–Crippen MR) is 96.2 cm³/mol. The summed E-state index contributed by atoms with van der Waals surface area (Å²) in [6.45, 7) is 4.13. The Kier molecular flexibility index (Phi) is 4.71. The Balaban J connectivity index is 1.87. The van der Waals surface area contributed by atoms with Gasteiger partial charge in [0, 0.05) is 28.2 Å². The number of rotatable bonds is 3. The molecule has 0 aliphatic heterocycles. The third-order valence-electron chi connectivity index (χ3n) is 5.03. The zero-order valence-electron chi connectivity index (χ0n) is 14.2. The van der Waals surface area contributed by atoms with Crippen LogP contribution >= 0.6 is 0 Å². The number of aromatic amines is 1. The maximum absolute atomic E-state index is 12.5. The van der Waals surface area contributed by atoms with Gasteiger partial charge in [-0.25, -0.2) is 0 Å². The molecule has 0 spiro atoms. The topological polar surface area (TPSA) is 68.7 Å². The van der Waals surface area contributed by atoms with Crippen molar-refractivity contribution in [3.8, 4) is 6.07 Å². The monoisotopic (exact) mass is 321 g/mol. The fourth-order valence-corrected chi connectivity index (χ4v) is 3.55. The molecule has 0 saturated heterocycles. The van der Waals surface area contributed by atoms with Gasteiger partial charge in [0.05, 0.1) is 0 Å². The number of fused-ring (bicyclic) bond motifs is 1. The molecule has 4 nitrogen and oxygen atoms in total. The van der Waals surface area contributed by atoms with Crippen molar-refractivity contribution >= 4 is 22.9 Å². The van der Waals surface area contributed by atoms with E-state index >= 15 is 0 Å². The lowest BCUT2D eigenvalue weighted by atomic mass is 9.86. The molecule has 24 heavy (non-hydrogen) atoms.